The Bertz CT molecular complexity index is 619. The fourth-order valence-electron chi connectivity index (χ4n) is 2.22. The second-order valence-electron chi connectivity index (χ2n) is 4.59. The number of thiophene rings is 2. The zero-order valence-corrected chi connectivity index (χ0v) is 12.4. The summed E-state index contributed by atoms with van der Waals surface area (Å²) in [5, 5.41) is 6.60. The van der Waals surface area contributed by atoms with Gasteiger partial charge in [-0.2, -0.15) is 0 Å². The minimum Gasteiger partial charge on any atom is -0.342 e. The van der Waals surface area contributed by atoms with Gasteiger partial charge in [0.1, 0.15) is 0 Å². The molecular weight excluding hydrogens is 292 g/mol. The van der Waals surface area contributed by atoms with Crippen LogP contribution in [0.5, 0.6) is 0 Å². The number of nitrogens with zero attached hydrogens (tertiary/aromatic N) is 1. The highest BCUT2D eigenvalue weighted by Gasteiger charge is 2.21. The minimum atomic E-state index is -0.179. The third-order valence-corrected chi connectivity index (χ3v) is 5.20. The van der Waals surface area contributed by atoms with Crippen molar-refractivity contribution in [2.75, 3.05) is 13.1 Å². The molecule has 3 heterocycles. The lowest BCUT2D eigenvalue weighted by Crippen LogP contribution is -2.42. The minimum absolute atomic E-state index is 0.0215. The first-order chi connectivity index (χ1) is 9.74. The molecule has 0 unspecified atom stereocenters. The Morgan fingerprint density at radius 3 is 2.95 bits per heavy atom. The van der Waals surface area contributed by atoms with Crippen LogP contribution in [0.15, 0.2) is 29.0 Å². The Kier molecular flexibility index (Phi) is 3.84. The summed E-state index contributed by atoms with van der Waals surface area (Å²) >= 11 is 3.12. The molecule has 0 radical (unpaired) electrons. The van der Waals surface area contributed by atoms with Gasteiger partial charge in [-0.3, -0.25) is 9.59 Å². The maximum Gasteiger partial charge on any atom is 0.261 e. The van der Waals surface area contributed by atoms with Crippen molar-refractivity contribution in [3.8, 4) is 0 Å². The maximum atomic E-state index is 12.1. The summed E-state index contributed by atoms with van der Waals surface area (Å²) in [7, 11) is 0. The monoisotopic (exact) mass is 306 g/mol. The molecule has 20 heavy (non-hydrogen) atoms. The van der Waals surface area contributed by atoms with Gasteiger partial charge in [-0.25, -0.2) is 0 Å². The van der Waals surface area contributed by atoms with Crippen LogP contribution in [0.4, 0.5) is 0 Å². The highest BCUT2D eigenvalue weighted by molar-refractivity contribution is 7.12. The molecule has 2 amide bonds. The zero-order chi connectivity index (χ0) is 13.9. The molecule has 104 valence electrons. The number of rotatable bonds is 3. The number of carbonyl (C=O) groups is 2. The standard InChI is InChI=1S/C14H14N2O2S2/c17-13(8-15-14(18)12-2-1-6-19-12)16-5-3-11-10(9-16)4-7-20-11/h1-2,4,6-7H,3,5,8-9H2,(H,15,18). The molecule has 0 spiro atoms. The van der Waals surface area contributed by atoms with Crippen LogP contribution in [0.3, 0.4) is 0 Å². The highest BCUT2D eigenvalue weighted by Crippen LogP contribution is 2.23. The van der Waals surface area contributed by atoms with Crippen LogP contribution in [0, 0.1) is 0 Å². The zero-order valence-electron chi connectivity index (χ0n) is 10.8. The molecule has 0 aromatic carbocycles. The Hall–Kier alpha value is -1.66. The third kappa shape index (κ3) is 2.76. The lowest BCUT2D eigenvalue weighted by molar-refractivity contribution is -0.131. The van der Waals surface area contributed by atoms with Gasteiger partial charge in [-0.15, -0.1) is 22.7 Å². The number of carbonyl (C=O) groups excluding carboxylic acids is 2. The van der Waals surface area contributed by atoms with Crippen LogP contribution in [-0.2, 0) is 17.8 Å². The van der Waals surface area contributed by atoms with E-state index in [0.717, 1.165) is 13.0 Å². The summed E-state index contributed by atoms with van der Waals surface area (Å²) in [6.45, 7) is 1.46. The summed E-state index contributed by atoms with van der Waals surface area (Å²) in [5.41, 5.74) is 1.24. The quantitative estimate of drug-likeness (QED) is 0.944. The van der Waals surface area contributed by atoms with Crippen molar-refractivity contribution in [3.63, 3.8) is 0 Å². The lowest BCUT2D eigenvalue weighted by Gasteiger charge is -2.27. The average Bonchev–Trinajstić information content (AvgIpc) is 3.13. The van der Waals surface area contributed by atoms with E-state index in [1.807, 2.05) is 16.3 Å². The van der Waals surface area contributed by atoms with Crippen molar-refractivity contribution in [1.29, 1.82) is 0 Å². The van der Waals surface area contributed by atoms with Crippen LogP contribution >= 0.6 is 22.7 Å². The van der Waals surface area contributed by atoms with Crippen molar-refractivity contribution in [2.45, 2.75) is 13.0 Å². The highest BCUT2D eigenvalue weighted by atomic mass is 32.1. The number of nitrogens with one attached hydrogen (secondary N) is 1. The lowest BCUT2D eigenvalue weighted by atomic mass is 10.1. The fraction of sp³-hybridized carbons (Fsp3) is 0.286. The number of fused-ring (bicyclic) bond motifs is 1. The summed E-state index contributed by atoms with van der Waals surface area (Å²) < 4.78 is 0. The van der Waals surface area contributed by atoms with E-state index in [-0.39, 0.29) is 18.4 Å². The number of amides is 2. The van der Waals surface area contributed by atoms with Crippen molar-refractivity contribution >= 4 is 34.5 Å². The largest absolute Gasteiger partial charge is 0.342 e. The topological polar surface area (TPSA) is 49.4 Å². The Morgan fingerprint density at radius 1 is 1.25 bits per heavy atom. The van der Waals surface area contributed by atoms with Gasteiger partial charge < -0.3 is 10.2 Å². The number of hydrogen-bond acceptors (Lipinski definition) is 4. The van der Waals surface area contributed by atoms with Gasteiger partial charge >= 0.3 is 0 Å². The summed E-state index contributed by atoms with van der Waals surface area (Å²) in [4.78, 5) is 27.7. The molecule has 1 aliphatic rings. The maximum absolute atomic E-state index is 12.1. The molecule has 0 aliphatic carbocycles. The van der Waals surface area contributed by atoms with Gasteiger partial charge in [0.05, 0.1) is 11.4 Å². The Morgan fingerprint density at radius 2 is 2.15 bits per heavy atom. The van der Waals surface area contributed by atoms with Crippen LogP contribution in [0.25, 0.3) is 0 Å². The molecule has 0 bridgehead atoms. The van der Waals surface area contributed by atoms with E-state index < -0.39 is 0 Å². The van der Waals surface area contributed by atoms with Gasteiger partial charge in [0, 0.05) is 18.0 Å². The van der Waals surface area contributed by atoms with E-state index in [4.69, 9.17) is 0 Å². The number of hydrogen-bond donors (Lipinski definition) is 1. The van der Waals surface area contributed by atoms with Crippen molar-refractivity contribution in [3.05, 3.63) is 44.3 Å². The first-order valence-corrected chi connectivity index (χ1v) is 8.14. The fourth-order valence-corrected chi connectivity index (χ4v) is 3.75. The molecule has 3 rings (SSSR count). The molecule has 2 aromatic heterocycles. The molecule has 0 fully saturated rings. The van der Waals surface area contributed by atoms with E-state index in [2.05, 4.69) is 16.8 Å². The summed E-state index contributed by atoms with van der Waals surface area (Å²) in [5.74, 6) is -0.201. The van der Waals surface area contributed by atoms with Gasteiger partial charge in [0.25, 0.3) is 5.91 Å². The normalized spacial score (nSPS) is 13.9. The van der Waals surface area contributed by atoms with Gasteiger partial charge in [-0.05, 0) is 34.9 Å². The summed E-state index contributed by atoms with van der Waals surface area (Å²) in [6.07, 6.45) is 0.914. The smallest absolute Gasteiger partial charge is 0.261 e. The van der Waals surface area contributed by atoms with E-state index >= 15 is 0 Å². The predicted octanol–water partition coefficient (Wildman–Crippen LogP) is 2.12. The predicted molar refractivity (Wildman–Crippen MR) is 80.1 cm³/mol. The Labute approximate surface area is 125 Å². The molecule has 1 aliphatic heterocycles. The third-order valence-electron chi connectivity index (χ3n) is 3.31. The van der Waals surface area contributed by atoms with E-state index in [1.54, 1.807) is 17.4 Å². The first kappa shape index (κ1) is 13.3. The molecule has 6 heteroatoms. The molecule has 2 aromatic rings. The molecule has 4 nitrogen and oxygen atoms in total. The van der Waals surface area contributed by atoms with E-state index in [1.165, 1.54) is 21.8 Å². The van der Waals surface area contributed by atoms with E-state index in [0.29, 0.717) is 11.4 Å². The van der Waals surface area contributed by atoms with Crippen LogP contribution in [-0.4, -0.2) is 29.8 Å². The summed E-state index contributed by atoms with van der Waals surface area (Å²) in [6, 6.07) is 5.65. The average molecular weight is 306 g/mol. The Balaban J connectivity index is 1.54. The molecular formula is C14H14N2O2S2. The van der Waals surface area contributed by atoms with Gasteiger partial charge in [-0.1, -0.05) is 6.07 Å². The van der Waals surface area contributed by atoms with Gasteiger partial charge in [0.15, 0.2) is 0 Å². The molecule has 0 saturated heterocycles. The SMILES string of the molecule is O=C(NCC(=O)N1CCc2sccc2C1)c1cccs1. The molecule has 0 atom stereocenters. The second-order valence-corrected chi connectivity index (χ2v) is 6.54. The molecule has 1 N–H and O–H groups in total. The van der Waals surface area contributed by atoms with Crippen molar-refractivity contribution in [1.82, 2.24) is 10.2 Å². The van der Waals surface area contributed by atoms with Gasteiger partial charge in [0.2, 0.25) is 5.91 Å². The van der Waals surface area contributed by atoms with Crippen LogP contribution in [0.2, 0.25) is 0 Å². The van der Waals surface area contributed by atoms with Crippen LogP contribution in [0.1, 0.15) is 20.1 Å². The second kappa shape index (κ2) is 5.76. The first-order valence-electron chi connectivity index (χ1n) is 6.39. The van der Waals surface area contributed by atoms with Crippen LogP contribution < -0.4 is 5.32 Å². The van der Waals surface area contributed by atoms with Crippen molar-refractivity contribution < 1.29 is 9.59 Å². The molecule has 0 saturated carbocycles. The van der Waals surface area contributed by atoms with E-state index in [9.17, 15) is 9.59 Å². The van der Waals surface area contributed by atoms with Crippen molar-refractivity contribution in [2.24, 2.45) is 0 Å².